The van der Waals surface area contributed by atoms with Crippen molar-refractivity contribution < 1.29 is 4.74 Å². The summed E-state index contributed by atoms with van der Waals surface area (Å²) in [6, 6.07) is 1.65. The average molecular weight is 236 g/mol. The fraction of sp³-hybridized carbons (Fsp3) is 1.00. The number of hydrogen-bond donors (Lipinski definition) is 1. The molecule has 0 aromatic carbocycles. The zero-order valence-electron chi connectivity index (χ0n) is 10.7. The van der Waals surface area contributed by atoms with Gasteiger partial charge in [-0.05, 0) is 57.0 Å². The standard InChI is InChI=1S/C14H24N2O/c1-2-14(3-5-15-6-4-14)8-11(1)16-9-13-7-12(16)10-17-13/h11-13,15H,1-10H2/t11?,12-,13-/m1/s1. The number of nitrogens with one attached hydrogen (secondary N) is 1. The molecule has 17 heavy (non-hydrogen) atoms. The maximum atomic E-state index is 5.73. The Balaban J connectivity index is 1.44. The number of ether oxygens (including phenoxy) is 1. The Hall–Kier alpha value is -0.120. The highest BCUT2D eigenvalue weighted by Crippen LogP contribution is 2.48. The lowest BCUT2D eigenvalue weighted by molar-refractivity contribution is 0.00934. The molecule has 1 saturated carbocycles. The summed E-state index contributed by atoms with van der Waals surface area (Å²) in [5.41, 5.74) is 0.707. The zero-order valence-corrected chi connectivity index (χ0v) is 10.7. The zero-order chi connectivity index (χ0) is 11.3. The van der Waals surface area contributed by atoms with Crippen LogP contribution in [0.15, 0.2) is 0 Å². The first-order valence-electron chi connectivity index (χ1n) is 7.43. The molecule has 4 fully saturated rings. The van der Waals surface area contributed by atoms with E-state index in [-0.39, 0.29) is 0 Å². The van der Waals surface area contributed by atoms with Crippen molar-refractivity contribution in [1.29, 1.82) is 0 Å². The van der Waals surface area contributed by atoms with Crippen LogP contribution in [0.2, 0.25) is 0 Å². The number of fused-ring (bicyclic) bond motifs is 2. The van der Waals surface area contributed by atoms with Gasteiger partial charge in [0, 0.05) is 18.6 Å². The van der Waals surface area contributed by atoms with Crippen LogP contribution in [0.4, 0.5) is 0 Å². The number of piperidine rings is 1. The second-order valence-electron chi connectivity index (χ2n) is 6.69. The molecule has 96 valence electrons. The third-order valence-electron chi connectivity index (χ3n) is 5.75. The molecule has 3 nitrogen and oxygen atoms in total. The monoisotopic (exact) mass is 236 g/mol. The van der Waals surface area contributed by atoms with Crippen LogP contribution in [0.25, 0.3) is 0 Å². The molecule has 3 heterocycles. The molecule has 0 radical (unpaired) electrons. The molecule has 4 aliphatic rings. The van der Waals surface area contributed by atoms with Gasteiger partial charge in [0.15, 0.2) is 0 Å². The predicted octanol–water partition coefficient (Wildman–Crippen LogP) is 1.38. The van der Waals surface area contributed by atoms with Crippen LogP contribution >= 0.6 is 0 Å². The molecule has 1 aliphatic carbocycles. The van der Waals surface area contributed by atoms with E-state index in [9.17, 15) is 0 Å². The molecule has 3 saturated heterocycles. The van der Waals surface area contributed by atoms with Gasteiger partial charge < -0.3 is 10.1 Å². The van der Waals surface area contributed by atoms with Crippen molar-refractivity contribution in [3.05, 3.63) is 0 Å². The van der Waals surface area contributed by atoms with Crippen molar-refractivity contribution in [2.45, 2.75) is 56.7 Å². The summed E-state index contributed by atoms with van der Waals surface area (Å²) in [7, 11) is 0. The Labute approximate surface area is 104 Å². The lowest BCUT2D eigenvalue weighted by Gasteiger charge is -2.37. The van der Waals surface area contributed by atoms with Crippen LogP contribution in [0, 0.1) is 5.41 Å². The topological polar surface area (TPSA) is 24.5 Å². The van der Waals surface area contributed by atoms with E-state index in [0.29, 0.717) is 11.5 Å². The molecule has 4 rings (SSSR count). The first-order valence-corrected chi connectivity index (χ1v) is 7.43. The van der Waals surface area contributed by atoms with Crippen LogP contribution < -0.4 is 5.32 Å². The largest absolute Gasteiger partial charge is 0.375 e. The Morgan fingerprint density at radius 2 is 2.00 bits per heavy atom. The minimum atomic E-state index is 0.574. The van der Waals surface area contributed by atoms with Crippen molar-refractivity contribution in [2.75, 3.05) is 26.2 Å². The van der Waals surface area contributed by atoms with Gasteiger partial charge in [-0.3, -0.25) is 4.90 Å². The Bertz CT molecular complexity index is 301. The number of morpholine rings is 1. The SMILES string of the molecule is C1CC2(CCN1)CCC(N1C[C@H]3C[C@@H]1CO3)C2. The highest BCUT2D eigenvalue weighted by molar-refractivity contribution is 5.01. The molecule has 1 spiro atoms. The third kappa shape index (κ3) is 1.74. The molecule has 1 unspecified atom stereocenters. The smallest absolute Gasteiger partial charge is 0.0718 e. The van der Waals surface area contributed by atoms with Crippen LogP contribution in [0.5, 0.6) is 0 Å². The summed E-state index contributed by atoms with van der Waals surface area (Å²) >= 11 is 0. The first-order chi connectivity index (χ1) is 8.35. The van der Waals surface area contributed by atoms with E-state index in [2.05, 4.69) is 10.2 Å². The highest BCUT2D eigenvalue weighted by Gasteiger charge is 2.47. The van der Waals surface area contributed by atoms with E-state index in [0.717, 1.165) is 18.7 Å². The maximum Gasteiger partial charge on any atom is 0.0718 e. The Morgan fingerprint density at radius 1 is 1.12 bits per heavy atom. The van der Waals surface area contributed by atoms with Crippen molar-refractivity contribution in [3.63, 3.8) is 0 Å². The van der Waals surface area contributed by atoms with Crippen molar-refractivity contribution in [3.8, 4) is 0 Å². The molecular weight excluding hydrogens is 212 g/mol. The van der Waals surface area contributed by atoms with Crippen LogP contribution in [0.3, 0.4) is 0 Å². The van der Waals surface area contributed by atoms with E-state index in [1.165, 1.54) is 58.2 Å². The van der Waals surface area contributed by atoms with Gasteiger partial charge in [-0.25, -0.2) is 0 Å². The maximum absolute atomic E-state index is 5.73. The summed E-state index contributed by atoms with van der Waals surface area (Å²) in [5.74, 6) is 0. The van der Waals surface area contributed by atoms with Crippen LogP contribution in [-0.2, 0) is 4.74 Å². The fourth-order valence-corrected chi connectivity index (χ4v) is 4.75. The number of likely N-dealkylation sites (tertiary alicyclic amines) is 1. The van der Waals surface area contributed by atoms with E-state index >= 15 is 0 Å². The summed E-state index contributed by atoms with van der Waals surface area (Å²) in [6.07, 6.45) is 9.12. The van der Waals surface area contributed by atoms with Gasteiger partial charge in [-0.15, -0.1) is 0 Å². The number of rotatable bonds is 1. The van der Waals surface area contributed by atoms with Gasteiger partial charge in [-0.2, -0.15) is 0 Å². The summed E-state index contributed by atoms with van der Waals surface area (Å²) < 4.78 is 5.73. The average Bonchev–Trinajstić information content (AvgIpc) is 3.05. The molecule has 0 aromatic rings. The van der Waals surface area contributed by atoms with Gasteiger partial charge in [0.2, 0.25) is 0 Å². The van der Waals surface area contributed by atoms with Gasteiger partial charge in [0.05, 0.1) is 12.7 Å². The lowest BCUT2D eigenvalue weighted by atomic mass is 9.77. The Morgan fingerprint density at radius 3 is 2.71 bits per heavy atom. The minimum Gasteiger partial charge on any atom is -0.375 e. The van der Waals surface area contributed by atoms with E-state index in [1.807, 2.05) is 0 Å². The predicted molar refractivity (Wildman–Crippen MR) is 67.0 cm³/mol. The fourth-order valence-electron chi connectivity index (χ4n) is 4.75. The molecule has 3 aliphatic heterocycles. The lowest BCUT2D eigenvalue weighted by Crippen LogP contribution is -2.44. The molecule has 0 amide bonds. The van der Waals surface area contributed by atoms with Crippen LogP contribution in [0.1, 0.15) is 38.5 Å². The second kappa shape index (κ2) is 3.94. The van der Waals surface area contributed by atoms with E-state index in [4.69, 9.17) is 4.74 Å². The van der Waals surface area contributed by atoms with E-state index < -0.39 is 0 Å². The highest BCUT2D eigenvalue weighted by atomic mass is 16.5. The summed E-state index contributed by atoms with van der Waals surface area (Å²) in [5, 5.41) is 3.51. The number of nitrogens with zero attached hydrogens (tertiary/aromatic N) is 1. The number of hydrogen-bond acceptors (Lipinski definition) is 3. The van der Waals surface area contributed by atoms with Crippen molar-refractivity contribution in [1.82, 2.24) is 10.2 Å². The molecule has 3 atom stereocenters. The second-order valence-corrected chi connectivity index (χ2v) is 6.69. The summed E-state index contributed by atoms with van der Waals surface area (Å²) in [6.45, 7) is 4.74. The summed E-state index contributed by atoms with van der Waals surface area (Å²) in [4.78, 5) is 2.80. The normalized spacial score (nSPS) is 44.8. The molecule has 0 aromatic heterocycles. The van der Waals surface area contributed by atoms with Gasteiger partial charge in [0.1, 0.15) is 0 Å². The molecule has 1 N–H and O–H groups in total. The molecular formula is C14H24N2O. The van der Waals surface area contributed by atoms with Gasteiger partial charge in [-0.1, -0.05) is 0 Å². The Kier molecular flexibility index (Phi) is 2.50. The van der Waals surface area contributed by atoms with E-state index in [1.54, 1.807) is 0 Å². The van der Waals surface area contributed by atoms with Crippen molar-refractivity contribution >= 4 is 0 Å². The molecule has 3 heteroatoms. The van der Waals surface area contributed by atoms with Gasteiger partial charge in [0.25, 0.3) is 0 Å². The van der Waals surface area contributed by atoms with Crippen LogP contribution in [-0.4, -0.2) is 49.3 Å². The van der Waals surface area contributed by atoms with Gasteiger partial charge >= 0.3 is 0 Å². The molecule has 2 bridgehead atoms. The van der Waals surface area contributed by atoms with Crippen molar-refractivity contribution in [2.24, 2.45) is 5.41 Å². The minimum absolute atomic E-state index is 0.574. The quantitative estimate of drug-likeness (QED) is 0.744. The third-order valence-corrected chi connectivity index (χ3v) is 5.75. The first kappa shape index (κ1) is 10.8.